The summed E-state index contributed by atoms with van der Waals surface area (Å²) in [5.74, 6) is 2.40. The van der Waals surface area contributed by atoms with Crippen molar-refractivity contribution in [3.63, 3.8) is 0 Å². The normalized spacial score (nSPS) is 23.4. The molecule has 14 heavy (non-hydrogen) atoms. The van der Waals surface area contributed by atoms with Crippen molar-refractivity contribution in [1.82, 2.24) is 0 Å². The van der Waals surface area contributed by atoms with E-state index in [1.807, 2.05) is 0 Å². The molecule has 0 spiro atoms. The molecule has 0 aromatic carbocycles. The van der Waals surface area contributed by atoms with E-state index in [0.717, 1.165) is 12.3 Å². The zero-order valence-electron chi connectivity index (χ0n) is 9.34. The second-order valence-corrected chi connectivity index (χ2v) is 4.39. The number of hydrogen-bond donors (Lipinski definition) is 0. The fraction of sp³-hybridized carbons (Fsp3) is 0.833. The molecular formula is C12H21O2. The first-order valence-corrected chi connectivity index (χ1v) is 5.60. The molecule has 0 bridgehead atoms. The fourth-order valence-electron chi connectivity index (χ4n) is 2.27. The second-order valence-electron chi connectivity index (χ2n) is 4.39. The van der Waals surface area contributed by atoms with Crippen molar-refractivity contribution in [3.8, 4) is 0 Å². The van der Waals surface area contributed by atoms with Crippen molar-refractivity contribution < 1.29 is 9.53 Å². The molecule has 1 unspecified atom stereocenters. The number of rotatable bonds is 4. The minimum Gasteiger partial charge on any atom is -0.469 e. The van der Waals surface area contributed by atoms with Crippen LogP contribution in [-0.4, -0.2) is 13.1 Å². The van der Waals surface area contributed by atoms with Crippen molar-refractivity contribution >= 4 is 5.97 Å². The van der Waals surface area contributed by atoms with Gasteiger partial charge in [-0.05, 0) is 37.5 Å². The average Bonchev–Trinajstić information content (AvgIpc) is 2.17. The molecule has 0 N–H and O–H groups in total. The first-order chi connectivity index (χ1) is 6.72. The van der Waals surface area contributed by atoms with Crippen LogP contribution in [0.25, 0.3) is 0 Å². The van der Waals surface area contributed by atoms with Crippen molar-refractivity contribution in [2.24, 2.45) is 5.92 Å². The number of ether oxygens (including phenoxy) is 1. The Morgan fingerprint density at radius 2 is 2.36 bits per heavy atom. The lowest BCUT2D eigenvalue weighted by molar-refractivity contribution is -0.140. The van der Waals surface area contributed by atoms with E-state index in [-0.39, 0.29) is 5.97 Å². The van der Waals surface area contributed by atoms with E-state index in [4.69, 9.17) is 0 Å². The lowest BCUT2D eigenvalue weighted by Crippen LogP contribution is -2.12. The molecule has 1 saturated carbocycles. The summed E-state index contributed by atoms with van der Waals surface area (Å²) < 4.78 is 4.62. The molecule has 1 fully saturated rings. The molecule has 1 atom stereocenters. The first kappa shape index (κ1) is 11.5. The van der Waals surface area contributed by atoms with Gasteiger partial charge < -0.3 is 4.74 Å². The Hall–Kier alpha value is -0.530. The maximum atomic E-state index is 10.9. The topological polar surface area (TPSA) is 26.3 Å². The van der Waals surface area contributed by atoms with Gasteiger partial charge in [-0.15, -0.1) is 0 Å². The number of hydrogen-bond acceptors (Lipinski definition) is 2. The van der Waals surface area contributed by atoms with Crippen LogP contribution in [0, 0.1) is 11.8 Å². The number of carbonyl (C=O) groups excluding carboxylic acids is 1. The van der Waals surface area contributed by atoms with E-state index in [9.17, 15) is 4.79 Å². The van der Waals surface area contributed by atoms with Gasteiger partial charge in [-0.1, -0.05) is 19.8 Å². The smallest absolute Gasteiger partial charge is 0.305 e. The summed E-state index contributed by atoms with van der Waals surface area (Å²) in [5, 5.41) is 0. The Bertz CT molecular complexity index is 177. The predicted molar refractivity (Wildman–Crippen MR) is 56.7 cm³/mol. The molecule has 2 nitrogen and oxygen atoms in total. The van der Waals surface area contributed by atoms with Gasteiger partial charge in [0.15, 0.2) is 0 Å². The van der Waals surface area contributed by atoms with E-state index in [1.54, 1.807) is 5.92 Å². The molecule has 0 aromatic heterocycles. The van der Waals surface area contributed by atoms with E-state index < -0.39 is 0 Å². The van der Waals surface area contributed by atoms with Crippen molar-refractivity contribution in [3.05, 3.63) is 5.92 Å². The Kier molecular flexibility index (Phi) is 4.99. The van der Waals surface area contributed by atoms with Gasteiger partial charge in [0.1, 0.15) is 0 Å². The highest BCUT2D eigenvalue weighted by Crippen LogP contribution is 2.32. The lowest BCUT2D eigenvalue weighted by atomic mass is 9.80. The molecule has 0 aromatic rings. The van der Waals surface area contributed by atoms with Gasteiger partial charge in [-0.25, -0.2) is 0 Å². The van der Waals surface area contributed by atoms with Crippen LogP contribution in [0.1, 0.15) is 51.9 Å². The summed E-state index contributed by atoms with van der Waals surface area (Å²) in [4.78, 5) is 10.9. The molecule has 1 rings (SSSR count). The Labute approximate surface area is 87.0 Å². The molecule has 1 aliphatic carbocycles. The highest BCUT2D eigenvalue weighted by Gasteiger charge is 2.18. The van der Waals surface area contributed by atoms with Crippen molar-refractivity contribution in [1.29, 1.82) is 0 Å². The Balaban J connectivity index is 2.08. The molecule has 2 heteroatoms. The van der Waals surface area contributed by atoms with E-state index in [1.165, 1.54) is 39.2 Å². The Morgan fingerprint density at radius 3 is 3.00 bits per heavy atom. The minimum atomic E-state index is -0.0680. The largest absolute Gasteiger partial charge is 0.469 e. The highest BCUT2D eigenvalue weighted by molar-refractivity contribution is 5.68. The van der Waals surface area contributed by atoms with Gasteiger partial charge in [0.25, 0.3) is 0 Å². The van der Waals surface area contributed by atoms with Crippen LogP contribution in [-0.2, 0) is 9.53 Å². The molecule has 1 radical (unpaired) electrons. The molecule has 0 saturated heterocycles. The summed E-state index contributed by atoms with van der Waals surface area (Å²) >= 11 is 0. The van der Waals surface area contributed by atoms with Crippen LogP contribution in [0.2, 0.25) is 0 Å². The average molecular weight is 197 g/mol. The number of methoxy groups -OCH3 is 1. The molecule has 0 amide bonds. The van der Waals surface area contributed by atoms with Gasteiger partial charge in [0, 0.05) is 6.42 Å². The minimum absolute atomic E-state index is 0.0680. The van der Waals surface area contributed by atoms with Crippen molar-refractivity contribution in [2.75, 3.05) is 7.11 Å². The molecule has 0 heterocycles. The zero-order chi connectivity index (χ0) is 10.4. The SMILES string of the molecule is COC(=O)CCCC1CCC[C](C)C1. The number of esters is 1. The third-order valence-corrected chi connectivity index (χ3v) is 3.07. The van der Waals surface area contributed by atoms with Crippen LogP contribution in [0.15, 0.2) is 0 Å². The lowest BCUT2D eigenvalue weighted by Gasteiger charge is -2.26. The first-order valence-electron chi connectivity index (χ1n) is 5.60. The summed E-state index contributed by atoms with van der Waals surface area (Å²) in [6.07, 6.45) is 8.05. The molecule has 81 valence electrons. The van der Waals surface area contributed by atoms with Gasteiger partial charge in [-0.2, -0.15) is 0 Å². The summed E-state index contributed by atoms with van der Waals surface area (Å²) in [5.41, 5.74) is 0. The standard InChI is InChI=1S/C12H21O2/c1-10-5-3-6-11(9-10)7-4-8-12(13)14-2/h11H,3-9H2,1-2H3. The van der Waals surface area contributed by atoms with Gasteiger partial charge in [0.05, 0.1) is 7.11 Å². The van der Waals surface area contributed by atoms with Gasteiger partial charge >= 0.3 is 5.97 Å². The van der Waals surface area contributed by atoms with Crippen LogP contribution < -0.4 is 0 Å². The maximum Gasteiger partial charge on any atom is 0.305 e. The third kappa shape index (κ3) is 4.12. The van der Waals surface area contributed by atoms with Crippen LogP contribution in [0.4, 0.5) is 0 Å². The molecule has 0 aliphatic heterocycles. The van der Waals surface area contributed by atoms with E-state index >= 15 is 0 Å². The summed E-state index contributed by atoms with van der Waals surface area (Å²) in [6, 6.07) is 0. The second kappa shape index (κ2) is 6.05. The predicted octanol–water partition coefficient (Wildman–Crippen LogP) is 3.11. The summed E-state index contributed by atoms with van der Waals surface area (Å²) in [6.45, 7) is 2.26. The number of carbonyl (C=O) groups is 1. The molecule has 1 aliphatic rings. The third-order valence-electron chi connectivity index (χ3n) is 3.07. The monoisotopic (exact) mass is 197 g/mol. The van der Waals surface area contributed by atoms with E-state index in [0.29, 0.717) is 6.42 Å². The van der Waals surface area contributed by atoms with Crippen LogP contribution >= 0.6 is 0 Å². The maximum absolute atomic E-state index is 10.9. The van der Waals surface area contributed by atoms with Gasteiger partial charge in [-0.3, -0.25) is 4.79 Å². The van der Waals surface area contributed by atoms with E-state index in [2.05, 4.69) is 11.7 Å². The fourth-order valence-corrected chi connectivity index (χ4v) is 2.27. The quantitative estimate of drug-likeness (QED) is 0.647. The van der Waals surface area contributed by atoms with Gasteiger partial charge in [0.2, 0.25) is 0 Å². The summed E-state index contributed by atoms with van der Waals surface area (Å²) in [7, 11) is 1.46. The molecular weight excluding hydrogens is 176 g/mol. The zero-order valence-corrected chi connectivity index (χ0v) is 9.34. The van der Waals surface area contributed by atoms with Crippen LogP contribution in [0.5, 0.6) is 0 Å². The van der Waals surface area contributed by atoms with Crippen molar-refractivity contribution in [2.45, 2.75) is 51.9 Å². The highest BCUT2D eigenvalue weighted by atomic mass is 16.5. The Morgan fingerprint density at radius 1 is 1.57 bits per heavy atom. The van der Waals surface area contributed by atoms with Crippen LogP contribution in [0.3, 0.4) is 0 Å².